The molecule has 5 nitrogen and oxygen atoms in total. The van der Waals surface area contributed by atoms with Crippen molar-refractivity contribution in [1.82, 2.24) is 10.6 Å². The van der Waals surface area contributed by atoms with Gasteiger partial charge in [-0.3, -0.25) is 9.59 Å². The van der Waals surface area contributed by atoms with Gasteiger partial charge in [-0.05, 0) is 50.5 Å². The van der Waals surface area contributed by atoms with Crippen molar-refractivity contribution in [2.75, 3.05) is 13.2 Å². The zero-order valence-electron chi connectivity index (χ0n) is 17.6. The molecule has 1 aliphatic rings. The molecule has 1 aromatic rings. The van der Waals surface area contributed by atoms with Crippen molar-refractivity contribution >= 4 is 11.9 Å². The molecule has 4 atom stereocenters. The first-order valence-electron chi connectivity index (χ1n) is 10.8. The van der Waals surface area contributed by atoms with E-state index in [0.29, 0.717) is 6.61 Å². The number of carbonyl (C=O) groups excluding carboxylic acids is 2. The quantitative estimate of drug-likeness (QED) is 0.425. The number of hydrogen-bond acceptors (Lipinski definition) is 4. The molecule has 0 bridgehead atoms. The van der Waals surface area contributed by atoms with Crippen LogP contribution >= 0.6 is 0 Å². The first-order valence-corrected chi connectivity index (χ1v) is 10.8. The molecule has 1 amide bonds. The van der Waals surface area contributed by atoms with Crippen LogP contribution in [-0.4, -0.2) is 37.1 Å². The molecule has 0 aliphatic carbocycles. The fraction of sp³-hybridized carbons (Fsp3) is 0.652. The molecule has 156 valence electrons. The van der Waals surface area contributed by atoms with E-state index in [1.807, 2.05) is 13.0 Å². The highest BCUT2D eigenvalue weighted by atomic mass is 16.5. The van der Waals surface area contributed by atoms with E-state index in [1.165, 1.54) is 5.56 Å². The van der Waals surface area contributed by atoms with Crippen molar-refractivity contribution < 1.29 is 14.3 Å². The minimum atomic E-state index is -0.244. The summed E-state index contributed by atoms with van der Waals surface area (Å²) in [6.45, 7) is 6.84. The molecule has 1 aromatic carbocycles. The van der Waals surface area contributed by atoms with Crippen LogP contribution in [0.15, 0.2) is 30.3 Å². The molecule has 0 radical (unpaired) electrons. The maximum absolute atomic E-state index is 12.3. The third kappa shape index (κ3) is 6.93. The van der Waals surface area contributed by atoms with Crippen molar-refractivity contribution in [3.05, 3.63) is 35.9 Å². The summed E-state index contributed by atoms with van der Waals surface area (Å²) < 4.78 is 5.32. The van der Waals surface area contributed by atoms with Crippen molar-refractivity contribution in [2.45, 2.75) is 71.4 Å². The second-order valence-electron chi connectivity index (χ2n) is 7.97. The van der Waals surface area contributed by atoms with Crippen LogP contribution in [0.3, 0.4) is 0 Å². The second-order valence-corrected chi connectivity index (χ2v) is 7.97. The summed E-state index contributed by atoms with van der Waals surface area (Å²) in [7, 11) is 0. The summed E-state index contributed by atoms with van der Waals surface area (Å²) in [6.07, 6.45) is 6.16. The number of nitrogens with one attached hydrogen (secondary N) is 2. The lowest BCUT2D eigenvalue weighted by atomic mass is 9.85. The zero-order valence-corrected chi connectivity index (χ0v) is 17.6. The summed E-state index contributed by atoms with van der Waals surface area (Å²) in [4.78, 5) is 24.2. The van der Waals surface area contributed by atoms with Crippen LogP contribution in [0.5, 0.6) is 0 Å². The highest BCUT2D eigenvalue weighted by molar-refractivity contribution is 5.82. The number of carbonyl (C=O) groups is 2. The van der Waals surface area contributed by atoms with Gasteiger partial charge in [0, 0.05) is 12.1 Å². The minimum Gasteiger partial charge on any atom is -0.465 e. The summed E-state index contributed by atoms with van der Waals surface area (Å²) in [5.74, 6) is 0.0294. The van der Waals surface area contributed by atoms with Gasteiger partial charge in [0.05, 0.1) is 19.1 Å². The second kappa shape index (κ2) is 11.8. The lowest BCUT2D eigenvalue weighted by molar-refractivity contribution is -0.143. The predicted molar refractivity (Wildman–Crippen MR) is 112 cm³/mol. The number of unbranched alkanes of at least 4 members (excludes halogenated alkanes) is 2. The van der Waals surface area contributed by atoms with Gasteiger partial charge in [-0.25, -0.2) is 0 Å². The number of aryl methyl sites for hydroxylation is 1. The van der Waals surface area contributed by atoms with E-state index in [2.05, 4.69) is 48.7 Å². The number of benzene rings is 1. The molecular formula is C23H36N2O3. The molecule has 1 aliphatic heterocycles. The lowest BCUT2D eigenvalue weighted by Gasteiger charge is -2.23. The Morgan fingerprint density at radius 2 is 1.96 bits per heavy atom. The van der Waals surface area contributed by atoms with Crippen molar-refractivity contribution in [3.8, 4) is 0 Å². The van der Waals surface area contributed by atoms with E-state index in [-0.39, 0.29) is 42.3 Å². The fourth-order valence-electron chi connectivity index (χ4n) is 4.09. The Morgan fingerprint density at radius 1 is 1.21 bits per heavy atom. The lowest BCUT2D eigenvalue weighted by Crippen LogP contribution is -2.42. The minimum absolute atomic E-state index is 0.0460. The van der Waals surface area contributed by atoms with Crippen molar-refractivity contribution in [2.24, 2.45) is 11.8 Å². The maximum Gasteiger partial charge on any atom is 0.319 e. The molecule has 5 heteroatoms. The van der Waals surface area contributed by atoms with E-state index in [9.17, 15) is 9.59 Å². The first-order chi connectivity index (χ1) is 13.5. The van der Waals surface area contributed by atoms with Crippen LogP contribution in [0, 0.1) is 11.8 Å². The molecular weight excluding hydrogens is 352 g/mol. The van der Waals surface area contributed by atoms with E-state index < -0.39 is 0 Å². The van der Waals surface area contributed by atoms with Gasteiger partial charge in [-0.15, -0.1) is 0 Å². The Kier molecular flexibility index (Phi) is 9.48. The van der Waals surface area contributed by atoms with Gasteiger partial charge in [-0.1, -0.05) is 50.6 Å². The average molecular weight is 389 g/mol. The number of hydrogen-bond donors (Lipinski definition) is 2. The summed E-state index contributed by atoms with van der Waals surface area (Å²) >= 11 is 0. The number of rotatable bonds is 12. The van der Waals surface area contributed by atoms with E-state index in [1.54, 1.807) is 0 Å². The molecule has 0 saturated carbocycles. The van der Waals surface area contributed by atoms with Crippen LogP contribution in [-0.2, 0) is 20.7 Å². The third-order valence-electron chi connectivity index (χ3n) is 5.75. The van der Waals surface area contributed by atoms with Gasteiger partial charge >= 0.3 is 5.97 Å². The third-order valence-corrected chi connectivity index (χ3v) is 5.75. The van der Waals surface area contributed by atoms with E-state index in [0.717, 1.165) is 38.5 Å². The van der Waals surface area contributed by atoms with Crippen molar-refractivity contribution in [3.63, 3.8) is 0 Å². The molecule has 2 N–H and O–H groups in total. The standard InChI is InChI=1S/C23H36N2O3/c1-4-11-20-17(2)22(23(27)25-20)18(3)24-16-21(26)28-15-10-6-9-14-19-12-7-5-8-13-19/h5,7-8,12-13,17-18,20,22,24H,4,6,9-11,14-16H2,1-3H3,(H,25,27). The topological polar surface area (TPSA) is 67.4 Å². The van der Waals surface area contributed by atoms with Gasteiger partial charge in [-0.2, -0.15) is 0 Å². The predicted octanol–water partition coefficient (Wildman–Crippen LogP) is 3.47. The van der Waals surface area contributed by atoms with Gasteiger partial charge in [0.15, 0.2) is 0 Å². The Bertz CT molecular complexity index is 605. The average Bonchev–Trinajstić information content (AvgIpc) is 2.97. The molecule has 0 spiro atoms. The molecule has 4 unspecified atom stereocenters. The zero-order chi connectivity index (χ0) is 20.4. The monoisotopic (exact) mass is 388 g/mol. The highest BCUT2D eigenvalue weighted by Gasteiger charge is 2.41. The first kappa shape index (κ1) is 22.4. The van der Waals surface area contributed by atoms with Crippen LogP contribution in [0.25, 0.3) is 0 Å². The highest BCUT2D eigenvalue weighted by Crippen LogP contribution is 2.28. The molecule has 1 heterocycles. The fourth-order valence-corrected chi connectivity index (χ4v) is 4.09. The Morgan fingerprint density at radius 3 is 2.68 bits per heavy atom. The number of amides is 1. The molecule has 1 fully saturated rings. The van der Waals surface area contributed by atoms with Gasteiger partial charge in [0.2, 0.25) is 5.91 Å². The van der Waals surface area contributed by atoms with Crippen LogP contribution in [0.1, 0.15) is 58.4 Å². The Labute approximate surface area is 169 Å². The normalized spacial score (nSPS) is 22.7. The Balaban J connectivity index is 1.57. The van der Waals surface area contributed by atoms with Gasteiger partial charge < -0.3 is 15.4 Å². The summed E-state index contributed by atoms with van der Waals surface area (Å²) in [6, 6.07) is 10.6. The summed E-state index contributed by atoms with van der Waals surface area (Å²) in [5, 5.41) is 6.28. The van der Waals surface area contributed by atoms with E-state index in [4.69, 9.17) is 4.74 Å². The summed E-state index contributed by atoms with van der Waals surface area (Å²) in [5.41, 5.74) is 1.35. The molecule has 2 rings (SSSR count). The van der Waals surface area contributed by atoms with Crippen LogP contribution in [0.4, 0.5) is 0 Å². The number of esters is 1. The molecule has 28 heavy (non-hydrogen) atoms. The Hall–Kier alpha value is -1.88. The molecule has 1 saturated heterocycles. The number of ether oxygens (including phenoxy) is 1. The maximum atomic E-state index is 12.3. The van der Waals surface area contributed by atoms with Gasteiger partial charge in [0.1, 0.15) is 0 Å². The largest absolute Gasteiger partial charge is 0.465 e. The SMILES string of the molecule is CCCC1NC(=O)C(C(C)NCC(=O)OCCCCCc2ccccc2)C1C. The van der Waals surface area contributed by atoms with E-state index >= 15 is 0 Å². The van der Waals surface area contributed by atoms with Crippen molar-refractivity contribution in [1.29, 1.82) is 0 Å². The smallest absolute Gasteiger partial charge is 0.319 e. The van der Waals surface area contributed by atoms with Gasteiger partial charge in [0.25, 0.3) is 0 Å². The van der Waals surface area contributed by atoms with Crippen LogP contribution < -0.4 is 10.6 Å². The molecule has 0 aromatic heterocycles. The van der Waals surface area contributed by atoms with Crippen LogP contribution in [0.2, 0.25) is 0 Å².